The smallest absolute Gasteiger partial charge is 0.224 e. The van der Waals surface area contributed by atoms with Crippen molar-refractivity contribution in [3.63, 3.8) is 0 Å². The topological polar surface area (TPSA) is 38.3 Å². The fourth-order valence-electron chi connectivity index (χ4n) is 5.79. The molecule has 2 atom stereocenters. The van der Waals surface area contributed by atoms with Gasteiger partial charge in [0.15, 0.2) is 0 Å². The molecule has 0 aliphatic heterocycles. The van der Waals surface area contributed by atoms with Crippen LogP contribution in [0.4, 0.5) is 5.69 Å². The Morgan fingerprint density at radius 1 is 1.30 bits per heavy atom. The number of amides is 1. The maximum absolute atomic E-state index is 12.6. The maximum Gasteiger partial charge on any atom is 0.224 e. The van der Waals surface area contributed by atoms with Gasteiger partial charge in [-0.2, -0.15) is 0 Å². The minimum absolute atomic E-state index is 0.149. The fourth-order valence-corrected chi connectivity index (χ4v) is 7.30. The molecule has 4 fully saturated rings. The van der Waals surface area contributed by atoms with Crippen LogP contribution in [0, 0.1) is 17.3 Å². The van der Waals surface area contributed by atoms with E-state index in [1.165, 1.54) is 38.5 Å². The van der Waals surface area contributed by atoms with E-state index in [4.69, 9.17) is 4.74 Å². The minimum Gasteiger partial charge on any atom is -0.497 e. The highest BCUT2D eigenvalue weighted by atomic mass is 79.9. The van der Waals surface area contributed by atoms with Crippen LogP contribution in [0.15, 0.2) is 24.3 Å². The van der Waals surface area contributed by atoms with Crippen molar-refractivity contribution in [3.8, 4) is 5.75 Å². The predicted octanol–water partition coefficient (Wildman–Crippen LogP) is 4.76. The minimum atomic E-state index is 0.149. The zero-order chi connectivity index (χ0) is 16.1. The number of ether oxygens (including phenoxy) is 1. The van der Waals surface area contributed by atoms with Gasteiger partial charge in [0.05, 0.1) is 7.11 Å². The first-order valence-corrected chi connectivity index (χ1v) is 9.40. The van der Waals surface area contributed by atoms with Crippen LogP contribution in [-0.4, -0.2) is 17.3 Å². The SMILES string of the molecule is COc1cccc(NC(=O)CC23CC4CC(CC(Br)(C4)C2)C3)c1. The van der Waals surface area contributed by atoms with E-state index in [1.54, 1.807) is 7.11 Å². The van der Waals surface area contributed by atoms with E-state index < -0.39 is 0 Å². The molecule has 4 aliphatic rings. The van der Waals surface area contributed by atoms with Gasteiger partial charge in [-0.3, -0.25) is 4.79 Å². The molecule has 124 valence electrons. The highest BCUT2D eigenvalue weighted by molar-refractivity contribution is 9.10. The molecular formula is C19H24BrNO2. The lowest BCUT2D eigenvalue weighted by molar-refractivity contribution is -0.123. The van der Waals surface area contributed by atoms with Gasteiger partial charge < -0.3 is 10.1 Å². The summed E-state index contributed by atoms with van der Waals surface area (Å²) in [5.41, 5.74) is 1.05. The molecule has 0 heterocycles. The fraction of sp³-hybridized carbons (Fsp3) is 0.632. The van der Waals surface area contributed by atoms with Gasteiger partial charge in [-0.25, -0.2) is 0 Å². The Morgan fingerprint density at radius 2 is 2.04 bits per heavy atom. The number of carbonyl (C=O) groups excluding carboxylic acids is 1. The van der Waals surface area contributed by atoms with Crippen LogP contribution in [0.25, 0.3) is 0 Å². The molecule has 4 saturated carbocycles. The molecule has 4 heteroatoms. The van der Waals surface area contributed by atoms with Gasteiger partial charge in [-0.15, -0.1) is 0 Å². The first-order valence-electron chi connectivity index (χ1n) is 8.60. The van der Waals surface area contributed by atoms with Crippen LogP contribution in [0.1, 0.15) is 44.9 Å². The second-order valence-corrected chi connectivity index (χ2v) is 9.75. The lowest BCUT2D eigenvalue weighted by Crippen LogP contribution is -2.53. The molecule has 1 aromatic carbocycles. The summed E-state index contributed by atoms with van der Waals surface area (Å²) in [7, 11) is 1.64. The molecule has 5 rings (SSSR count). The van der Waals surface area contributed by atoms with E-state index in [2.05, 4.69) is 21.2 Å². The quantitative estimate of drug-likeness (QED) is 0.768. The van der Waals surface area contributed by atoms with Crippen molar-refractivity contribution in [2.24, 2.45) is 17.3 Å². The molecule has 1 amide bonds. The average molecular weight is 378 g/mol. The third-order valence-corrected chi connectivity index (χ3v) is 6.93. The zero-order valence-corrected chi connectivity index (χ0v) is 15.2. The third-order valence-electron chi connectivity index (χ3n) is 6.00. The summed E-state index contributed by atoms with van der Waals surface area (Å²) in [4.78, 5) is 12.6. The second-order valence-electron chi connectivity index (χ2n) is 8.07. The van der Waals surface area contributed by atoms with E-state index >= 15 is 0 Å². The second kappa shape index (κ2) is 5.51. The van der Waals surface area contributed by atoms with Crippen LogP contribution < -0.4 is 10.1 Å². The van der Waals surface area contributed by atoms with Crippen LogP contribution in [0.3, 0.4) is 0 Å². The molecule has 1 N–H and O–H groups in total. The predicted molar refractivity (Wildman–Crippen MR) is 95.0 cm³/mol. The largest absolute Gasteiger partial charge is 0.497 e. The van der Waals surface area contributed by atoms with Crippen molar-refractivity contribution in [2.45, 2.75) is 49.3 Å². The van der Waals surface area contributed by atoms with Gasteiger partial charge >= 0.3 is 0 Å². The van der Waals surface area contributed by atoms with E-state index in [1.807, 2.05) is 24.3 Å². The van der Waals surface area contributed by atoms with Crippen molar-refractivity contribution in [2.75, 3.05) is 12.4 Å². The average Bonchev–Trinajstić information content (AvgIpc) is 2.43. The molecule has 3 nitrogen and oxygen atoms in total. The van der Waals surface area contributed by atoms with Crippen molar-refractivity contribution < 1.29 is 9.53 Å². The molecular weight excluding hydrogens is 354 g/mol. The van der Waals surface area contributed by atoms with Crippen LogP contribution in [0.2, 0.25) is 0 Å². The zero-order valence-electron chi connectivity index (χ0n) is 13.6. The Morgan fingerprint density at radius 3 is 2.70 bits per heavy atom. The van der Waals surface area contributed by atoms with Gasteiger partial charge in [0.25, 0.3) is 0 Å². The van der Waals surface area contributed by atoms with Gasteiger partial charge in [-0.05, 0) is 67.9 Å². The van der Waals surface area contributed by atoms with Crippen molar-refractivity contribution in [3.05, 3.63) is 24.3 Å². The molecule has 0 spiro atoms. The van der Waals surface area contributed by atoms with E-state index in [9.17, 15) is 4.79 Å². The highest BCUT2D eigenvalue weighted by Gasteiger charge is 2.57. The first kappa shape index (κ1) is 15.5. The Kier molecular flexibility index (Phi) is 3.71. The standard InChI is InChI=1S/C19H24BrNO2/c1-23-16-4-2-3-15(6-16)21-17(22)11-18-7-13-5-14(8-18)10-19(20,9-13)12-18/h2-4,6,13-14H,5,7-12H2,1H3,(H,21,22). The number of alkyl halides is 1. The number of hydrogen-bond donors (Lipinski definition) is 1. The number of hydrogen-bond acceptors (Lipinski definition) is 2. The van der Waals surface area contributed by atoms with Crippen molar-refractivity contribution >= 4 is 27.5 Å². The number of benzene rings is 1. The van der Waals surface area contributed by atoms with Gasteiger partial charge in [0.2, 0.25) is 5.91 Å². The van der Waals surface area contributed by atoms with E-state index in [0.717, 1.165) is 23.3 Å². The molecule has 0 radical (unpaired) electrons. The van der Waals surface area contributed by atoms with E-state index in [0.29, 0.717) is 10.7 Å². The normalized spacial score (nSPS) is 37.7. The summed E-state index contributed by atoms with van der Waals surface area (Å²) in [6.45, 7) is 0. The molecule has 4 bridgehead atoms. The molecule has 23 heavy (non-hydrogen) atoms. The first-order chi connectivity index (χ1) is 11.0. The number of halogens is 1. The Hall–Kier alpha value is -1.03. The summed E-state index contributed by atoms with van der Waals surface area (Å²) in [6.07, 6.45) is 8.30. The summed E-state index contributed by atoms with van der Waals surface area (Å²) < 4.78 is 5.54. The summed E-state index contributed by atoms with van der Waals surface area (Å²) in [5.74, 6) is 2.56. The van der Waals surface area contributed by atoms with E-state index in [-0.39, 0.29) is 11.3 Å². The van der Waals surface area contributed by atoms with Crippen LogP contribution >= 0.6 is 15.9 Å². The Balaban J connectivity index is 1.46. The van der Waals surface area contributed by atoms with Crippen LogP contribution in [-0.2, 0) is 4.79 Å². The molecule has 4 aliphatic carbocycles. The van der Waals surface area contributed by atoms with Gasteiger partial charge in [0, 0.05) is 22.5 Å². The van der Waals surface area contributed by atoms with Gasteiger partial charge in [-0.1, -0.05) is 22.0 Å². The Labute approximate surface area is 146 Å². The van der Waals surface area contributed by atoms with Crippen molar-refractivity contribution in [1.82, 2.24) is 0 Å². The third kappa shape index (κ3) is 3.02. The van der Waals surface area contributed by atoms with Gasteiger partial charge in [0.1, 0.15) is 5.75 Å². The summed E-state index contributed by atoms with van der Waals surface area (Å²) in [5, 5.41) is 3.07. The number of anilines is 1. The number of methoxy groups -OCH3 is 1. The summed E-state index contributed by atoms with van der Waals surface area (Å²) in [6, 6.07) is 7.60. The monoisotopic (exact) mass is 377 g/mol. The lowest BCUT2D eigenvalue weighted by Gasteiger charge is -2.60. The van der Waals surface area contributed by atoms with Crippen LogP contribution in [0.5, 0.6) is 5.75 Å². The molecule has 2 unspecified atom stereocenters. The van der Waals surface area contributed by atoms with Crippen molar-refractivity contribution in [1.29, 1.82) is 0 Å². The number of rotatable bonds is 4. The number of nitrogens with one attached hydrogen (secondary N) is 1. The maximum atomic E-state index is 12.6. The molecule has 1 aromatic rings. The molecule has 0 saturated heterocycles. The lowest BCUT2D eigenvalue weighted by atomic mass is 9.48. The Bertz CT molecular complexity index is 616. The molecule has 0 aromatic heterocycles. The summed E-state index contributed by atoms with van der Waals surface area (Å²) >= 11 is 4.02. The number of carbonyl (C=O) groups is 1. The highest BCUT2D eigenvalue weighted by Crippen LogP contribution is 2.65.